The normalized spacial score (nSPS) is 11.8. The summed E-state index contributed by atoms with van der Waals surface area (Å²) in [4.78, 5) is 0. The average molecular weight is 527 g/mol. The van der Waals surface area contributed by atoms with Crippen molar-refractivity contribution in [1.29, 1.82) is 0 Å². The maximum Gasteiger partial charge on any atom is 0.0541 e. The molecular weight excluding hydrogens is 496 g/mol. The van der Waals surface area contributed by atoms with Crippen LogP contribution >= 0.6 is 0 Å². The van der Waals surface area contributed by atoms with E-state index >= 15 is 0 Å². The summed E-state index contributed by atoms with van der Waals surface area (Å²) in [6, 6.07) is 48.7. The molecule has 0 amide bonds. The molecule has 2 nitrogen and oxygen atoms in total. The van der Waals surface area contributed by atoms with Crippen molar-refractivity contribution < 1.29 is 0 Å². The molecule has 0 fully saturated rings. The zero-order valence-electron chi connectivity index (χ0n) is 23.3. The molecule has 0 atom stereocenters. The SMILES string of the molecule is Cc1cc(-n2c3ccccc3c3ccccc32)ccc1Cc1ccc(-n2c3ccccc3c3ccccc32)cc1C. The molecule has 0 radical (unpaired) electrons. The fraction of sp³-hybridized carbons (Fsp3) is 0.0769. The predicted octanol–water partition coefficient (Wildman–Crippen LogP) is 10.1. The van der Waals surface area contributed by atoms with Crippen molar-refractivity contribution in [2.45, 2.75) is 20.3 Å². The van der Waals surface area contributed by atoms with Crippen molar-refractivity contribution in [3.63, 3.8) is 0 Å². The minimum Gasteiger partial charge on any atom is -0.309 e. The van der Waals surface area contributed by atoms with Crippen molar-refractivity contribution in [1.82, 2.24) is 9.13 Å². The van der Waals surface area contributed by atoms with E-state index in [0.29, 0.717) is 0 Å². The summed E-state index contributed by atoms with van der Waals surface area (Å²) in [7, 11) is 0. The van der Waals surface area contributed by atoms with Gasteiger partial charge in [-0.3, -0.25) is 0 Å². The molecule has 0 aliphatic rings. The van der Waals surface area contributed by atoms with Crippen molar-refractivity contribution in [3.8, 4) is 11.4 Å². The number of para-hydroxylation sites is 4. The molecule has 0 aliphatic heterocycles. The third-order valence-corrected chi connectivity index (χ3v) is 8.71. The monoisotopic (exact) mass is 526 g/mol. The first-order chi connectivity index (χ1) is 20.2. The zero-order chi connectivity index (χ0) is 27.5. The summed E-state index contributed by atoms with van der Waals surface area (Å²) in [5.74, 6) is 0. The van der Waals surface area contributed by atoms with Crippen LogP contribution in [0.25, 0.3) is 55.0 Å². The smallest absolute Gasteiger partial charge is 0.0541 e. The van der Waals surface area contributed by atoms with E-state index in [1.54, 1.807) is 0 Å². The lowest BCUT2D eigenvalue weighted by Gasteiger charge is -2.15. The van der Waals surface area contributed by atoms with Crippen LogP contribution in [0.3, 0.4) is 0 Å². The molecule has 6 aromatic carbocycles. The number of hydrogen-bond acceptors (Lipinski definition) is 0. The van der Waals surface area contributed by atoms with Crippen molar-refractivity contribution in [2.75, 3.05) is 0 Å². The minimum atomic E-state index is 0.915. The van der Waals surface area contributed by atoms with Crippen LogP contribution in [0.5, 0.6) is 0 Å². The fourth-order valence-electron chi connectivity index (χ4n) is 6.64. The third-order valence-electron chi connectivity index (χ3n) is 8.71. The van der Waals surface area contributed by atoms with Gasteiger partial charge in [-0.15, -0.1) is 0 Å². The summed E-state index contributed by atoms with van der Waals surface area (Å²) in [6.45, 7) is 4.49. The van der Waals surface area contributed by atoms with Gasteiger partial charge in [-0.2, -0.15) is 0 Å². The van der Waals surface area contributed by atoms with Crippen LogP contribution in [0.4, 0.5) is 0 Å². The van der Waals surface area contributed by atoms with Gasteiger partial charge in [0.2, 0.25) is 0 Å². The lowest BCUT2D eigenvalue weighted by atomic mass is 9.96. The molecule has 0 bridgehead atoms. The Morgan fingerprint density at radius 2 is 0.707 bits per heavy atom. The molecule has 0 spiro atoms. The van der Waals surface area contributed by atoms with Gasteiger partial charge in [0.1, 0.15) is 0 Å². The van der Waals surface area contributed by atoms with E-state index in [1.807, 2.05) is 0 Å². The van der Waals surface area contributed by atoms with Gasteiger partial charge in [0.15, 0.2) is 0 Å². The molecule has 2 aromatic heterocycles. The predicted molar refractivity (Wildman–Crippen MR) is 174 cm³/mol. The quantitative estimate of drug-likeness (QED) is 0.216. The molecule has 196 valence electrons. The van der Waals surface area contributed by atoms with Gasteiger partial charge in [0.25, 0.3) is 0 Å². The van der Waals surface area contributed by atoms with Gasteiger partial charge in [0, 0.05) is 32.9 Å². The molecular formula is C39H30N2. The Morgan fingerprint density at radius 3 is 1.02 bits per heavy atom. The fourth-order valence-corrected chi connectivity index (χ4v) is 6.64. The van der Waals surface area contributed by atoms with Gasteiger partial charge in [-0.25, -0.2) is 0 Å². The van der Waals surface area contributed by atoms with Gasteiger partial charge in [0.05, 0.1) is 22.1 Å². The maximum absolute atomic E-state index is 2.40. The zero-order valence-corrected chi connectivity index (χ0v) is 23.3. The molecule has 8 rings (SSSR count). The Morgan fingerprint density at radius 1 is 0.390 bits per heavy atom. The Hall–Kier alpha value is -5.08. The van der Waals surface area contributed by atoms with Crippen LogP contribution in [0, 0.1) is 13.8 Å². The van der Waals surface area contributed by atoms with Crippen molar-refractivity contribution in [2.24, 2.45) is 0 Å². The lowest BCUT2D eigenvalue weighted by Crippen LogP contribution is -2.00. The van der Waals surface area contributed by atoms with Crippen molar-refractivity contribution >= 4 is 43.6 Å². The second kappa shape index (κ2) is 9.25. The van der Waals surface area contributed by atoms with E-state index < -0.39 is 0 Å². The van der Waals surface area contributed by atoms with E-state index in [0.717, 1.165) is 6.42 Å². The minimum absolute atomic E-state index is 0.915. The van der Waals surface area contributed by atoms with Crippen LogP contribution < -0.4 is 0 Å². The Balaban J connectivity index is 1.17. The first-order valence-electron chi connectivity index (χ1n) is 14.3. The Kier molecular flexibility index (Phi) is 5.36. The van der Waals surface area contributed by atoms with Gasteiger partial charge in [-0.1, -0.05) is 84.9 Å². The van der Waals surface area contributed by atoms with Crippen molar-refractivity contribution in [3.05, 3.63) is 156 Å². The number of fused-ring (bicyclic) bond motifs is 6. The van der Waals surface area contributed by atoms with E-state index in [2.05, 4.69) is 156 Å². The molecule has 0 saturated carbocycles. The third kappa shape index (κ3) is 3.72. The number of benzene rings is 6. The number of rotatable bonds is 4. The number of hydrogen-bond donors (Lipinski definition) is 0. The van der Waals surface area contributed by atoms with Crippen LogP contribution in [0.2, 0.25) is 0 Å². The molecule has 2 heteroatoms. The molecule has 0 N–H and O–H groups in total. The van der Waals surface area contributed by atoms with Gasteiger partial charge >= 0.3 is 0 Å². The molecule has 2 heterocycles. The van der Waals surface area contributed by atoms with E-state index in [1.165, 1.54) is 77.2 Å². The van der Waals surface area contributed by atoms with E-state index in [4.69, 9.17) is 0 Å². The molecule has 8 aromatic rings. The molecule has 0 unspecified atom stereocenters. The summed E-state index contributed by atoms with van der Waals surface area (Å²) < 4.78 is 4.79. The topological polar surface area (TPSA) is 9.86 Å². The average Bonchev–Trinajstić information content (AvgIpc) is 3.52. The summed E-state index contributed by atoms with van der Waals surface area (Å²) in [5, 5.41) is 5.18. The van der Waals surface area contributed by atoms with Crippen LogP contribution in [-0.4, -0.2) is 9.13 Å². The van der Waals surface area contributed by atoms with Crippen LogP contribution in [-0.2, 0) is 6.42 Å². The van der Waals surface area contributed by atoms with E-state index in [-0.39, 0.29) is 0 Å². The second-order valence-corrected chi connectivity index (χ2v) is 11.1. The van der Waals surface area contributed by atoms with Gasteiger partial charge < -0.3 is 9.13 Å². The molecule has 41 heavy (non-hydrogen) atoms. The van der Waals surface area contributed by atoms with E-state index in [9.17, 15) is 0 Å². The highest BCUT2D eigenvalue weighted by molar-refractivity contribution is 6.10. The number of aryl methyl sites for hydroxylation is 2. The Labute approximate surface area is 239 Å². The highest BCUT2D eigenvalue weighted by Gasteiger charge is 2.14. The largest absolute Gasteiger partial charge is 0.309 e. The first kappa shape index (κ1) is 23.8. The highest BCUT2D eigenvalue weighted by Crippen LogP contribution is 2.34. The highest BCUT2D eigenvalue weighted by atomic mass is 15.0. The first-order valence-corrected chi connectivity index (χ1v) is 14.3. The van der Waals surface area contributed by atoms with Crippen LogP contribution in [0.1, 0.15) is 22.3 Å². The number of nitrogens with zero attached hydrogens (tertiary/aromatic N) is 2. The van der Waals surface area contributed by atoms with Crippen LogP contribution in [0.15, 0.2) is 133 Å². The standard InChI is InChI=1S/C39H30N2/c1-26-23-30(40-36-15-7-3-11-32(36)33-12-4-8-16-37(33)40)21-19-28(26)25-29-20-22-31(24-27(29)2)41-38-17-9-5-13-34(38)35-14-6-10-18-39(35)41/h3-24H,25H2,1-2H3. The maximum atomic E-state index is 2.40. The number of aromatic nitrogens is 2. The van der Waals surface area contributed by atoms with Gasteiger partial charge in [-0.05, 0) is 91.1 Å². The summed E-state index contributed by atoms with van der Waals surface area (Å²) in [5.41, 5.74) is 12.8. The lowest BCUT2D eigenvalue weighted by molar-refractivity contribution is 1.09. The Bertz CT molecular complexity index is 1990. The molecule has 0 aliphatic carbocycles. The molecule has 0 saturated heterocycles. The second-order valence-electron chi connectivity index (χ2n) is 11.1. The summed E-state index contributed by atoms with van der Waals surface area (Å²) in [6.07, 6.45) is 0.915. The summed E-state index contributed by atoms with van der Waals surface area (Å²) >= 11 is 0.